The molecule has 0 bridgehead atoms. The van der Waals surface area contributed by atoms with Crippen LogP contribution in [0.5, 0.6) is 11.5 Å². The number of hydrogen-bond donors (Lipinski definition) is 1. The predicted molar refractivity (Wildman–Crippen MR) is 109 cm³/mol. The number of amides is 2. The summed E-state index contributed by atoms with van der Waals surface area (Å²) in [5, 5.41) is 1.78. The number of carbonyl (C=O) groups excluding carboxylic acids is 2. The summed E-state index contributed by atoms with van der Waals surface area (Å²) < 4.78 is 11.1. The van der Waals surface area contributed by atoms with Gasteiger partial charge in [-0.25, -0.2) is 5.01 Å². The normalized spacial score (nSPS) is 15.1. The van der Waals surface area contributed by atoms with Crippen LogP contribution in [-0.2, 0) is 9.59 Å². The first-order valence-electron chi connectivity index (χ1n) is 8.66. The van der Waals surface area contributed by atoms with Crippen LogP contribution in [-0.4, -0.2) is 25.0 Å². The maximum Gasteiger partial charge on any atom is 0.282 e. The van der Waals surface area contributed by atoms with Crippen molar-refractivity contribution in [2.75, 3.05) is 18.2 Å². The number of nitrogens with one attached hydrogen (secondary N) is 1. The van der Waals surface area contributed by atoms with Crippen LogP contribution in [0, 0.1) is 0 Å². The fourth-order valence-corrected chi connectivity index (χ4v) is 2.98. The lowest BCUT2D eigenvalue weighted by Gasteiger charge is -2.15. The molecule has 1 saturated heterocycles. The fourth-order valence-electron chi connectivity index (χ4n) is 2.69. The van der Waals surface area contributed by atoms with E-state index in [0.29, 0.717) is 41.0 Å². The molecule has 28 heavy (non-hydrogen) atoms. The Balaban J connectivity index is 1.91. The molecule has 0 aromatic heterocycles. The van der Waals surface area contributed by atoms with Crippen molar-refractivity contribution in [2.45, 2.75) is 13.8 Å². The van der Waals surface area contributed by atoms with Crippen LogP contribution in [0.3, 0.4) is 0 Å². The van der Waals surface area contributed by atoms with E-state index in [1.165, 1.54) is 12.1 Å². The number of ether oxygens (including phenoxy) is 2. The minimum Gasteiger partial charge on any atom is -0.490 e. The third kappa shape index (κ3) is 4.08. The van der Waals surface area contributed by atoms with Gasteiger partial charge in [-0.05, 0) is 55.8 Å². The molecule has 1 aliphatic rings. The van der Waals surface area contributed by atoms with Crippen LogP contribution in [0.25, 0.3) is 6.08 Å². The average Bonchev–Trinajstić information content (AvgIpc) is 2.94. The lowest BCUT2D eigenvalue weighted by molar-refractivity contribution is -0.117. The standard InChI is InChI=1S/C20H18Cl2N2O4/c1-3-27-17-8-5-12(10-18(17)28-4-2)9-14-19(25)23-24(20(14)26)13-6-7-15(21)16(22)11-13/h5-11H,3-4H2,1-2H3,(H,23,25). The average molecular weight is 421 g/mol. The number of hydrogen-bond acceptors (Lipinski definition) is 4. The summed E-state index contributed by atoms with van der Waals surface area (Å²) in [5.41, 5.74) is 3.58. The first kappa shape index (κ1) is 20.0. The maximum atomic E-state index is 12.7. The van der Waals surface area contributed by atoms with Crippen molar-refractivity contribution < 1.29 is 19.1 Å². The van der Waals surface area contributed by atoms with Gasteiger partial charge < -0.3 is 9.47 Å². The minimum absolute atomic E-state index is 0.00215. The van der Waals surface area contributed by atoms with E-state index in [0.717, 1.165) is 5.01 Å². The van der Waals surface area contributed by atoms with Gasteiger partial charge in [-0.15, -0.1) is 0 Å². The van der Waals surface area contributed by atoms with E-state index in [9.17, 15) is 9.59 Å². The van der Waals surface area contributed by atoms with Crippen molar-refractivity contribution in [1.29, 1.82) is 0 Å². The Bertz CT molecular complexity index is 959. The smallest absolute Gasteiger partial charge is 0.282 e. The van der Waals surface area contributed by atoms with Crippen LogP contribution in [0.4, 0.5) is 5.69 Å². The van der Waals surface area contributed by atoms with E-state index in [-0.39, 0.29) is 10.6 Å². The summed E-state index contributed by atoms with van der Waals surface area (Å²) >= 11 is 11.9. The van der Waals surface area contributed by atoms with Gasteiger partial charge in [0.1, 0.15) is 5.57 Å². The van der Waals surface area contributed by atoms with Crippen molar-refractivity contribution in [3.8, 4) is 11.5 Å². The van der Waals surface area contributed by atoms with E-state index in [1.54, 1.807) is 30.3 Å². The highest BCUT2D eigenvalue weighted by Gasteiger charge is 2.34. The SMILES string of the molecule is CCOc1ccc(C=C2C(=O)NN(c3ccc(Cl)c(Cl)c3)C2=O)cc1OCC. The van der Waals surface area contributed by atoms with Crippen LogP contribution in [0.2, 0.25) is 10.0 Å². The number of rotatable bonds is 6. The van der Waals surface area contributed by atoms with Crippen LogP contribution in [0.15, 0.2) is 42.0 Å². The van der Waals surface area contributed by atoms with Gasteiger partial charge in [0.05, 0.1) is 28.9 Å². The zero-order chi connectivity index (χ0) is 20.3. The van der Waals surface area contributed by atoms with Crippen molar-refractivity contribution >= 4 is 46.8 Å². The molecule has 2 amide bonds. The van der Waals surface area contributed by atoms with E-state index < -0.39 is 11.8 Å². The molecular formula is C20H18Cl2N2O4. The summed E-state index contributed by atoms with van der Waals surface area (Å²) in [6.45, 7) is 4.71. The first-order valence-corrected chi connectivity index (χ1v) is 9.42. The summed E-state index contributed by atoms with van der Waals surface area (Å²) in [7, 11) is 0. The number of halogens is 2. The Morgan fingerprint density at radius 2 is 1.68 bits per heavy atom. The lowest BCUT2D eigenvalue weighted by Crippen LogP contribution is -2.35. The Morgan fingerprint density at radius 1 is 0.964 bits per heavy atom. The zero-order valence-corrected chi connectivity index (χ0v) is 16.8. The molecular weight excluding hydrogens is 403 g/mol. The van der Waals surface area contributed by atoms with Crippen LogP contribution >= 0.6 is 23.2 Å². The predicted octanol–water partition coefficient (Wildman–Crippen LogP) is 4.25. The molecule has 0 radical (unpaired) electrons. The Kier molecular flexibility index (Phi) is 6.11. The van der Waals surface area contributed by atoms with E-state index in [2.05, 4.69) is 5.43 Å². The molecule has 0 aliphatic carbocycles. The first-order chi connectivity index (χ1) is 13.4. The molecule has 0 atom stereocenters. The number of nitrogens with zero attached hydrogens (tertiary/aromatic N) is 1. The van der Waals surface area contributed by atoms with Gasteiger partial charge in [0.2, 0.25) is 0 Å². The van der Waals surface area contributed by atoms with Crippen molar-refractivity contribution in [3.63, 3.8) is 0 Å². The second-order valence-corrected chi connectivity index (χ2v) is 6.62. The highest BCUT2D eigenvalue weighted by atomic mass is 35.5. The fraction of sp³-hybridized carbons (Fsp3) is 0.200. The molecule has 3 rings (SSSR count). The van der Waals surface area contributed by atoms with Gasteiger partial charge >= 0.3 is 0 Å². The quantitative estimate of drug-likeness (QED) is 0.560. The minimum atomic E-state index is -0.511. The van der Waals surface area contributed by atoms with Crippen molar-refractivity contribution in [3.05, 3.63) is 57.6 Å². The molecule has 2 aromatic carbocycles. The molecule has 1 N–H and O–H groups in total. The molecule has 1 fully saturated rings. The third-order valence-corrected chi connectivity index (χ3v) is 4.67. The summed E-state index contributed by atoms with van der Waals surface area (Å²) in [5.74, 6) is 0.148. The molecule has 1 aliphatic heterocycles. The molecule has 8 heteroatoms. The molecule has 6 nitrogen and oxygen atoms in total. The molecule has 0 saturated carbocycles. The lowest BCUT2D eigenvalue weighted by atomic mass is 10.1. The number of benzene rings is 2. The molecule has 0 spiro atoms. The van der Waals surface area contributed by atoms with Crippen molar-refractivity contribution in [2.24, 2.45) is 0 Å². The number of anilines is 1. The summed E-state index contributed by atoms with van der Waals surface area (Å²) in [4.78, 5) is 25.1. The van der Waals surface area contributed by atoms with E-state index in [1.807, 2.05) is 13.8 Å². The largest absolute Gasteiger partial charge is 0.490 e. The number of hydrazine groups is 1. The monoisotopic (exact) mass is 420 g/mol. The van der Waals surface area contributed by atoms with Gasteiger partial charge in [-0.3, -0.25) is 15.0 Å². The molecule has 0 unspecified atom stereocenters. The second-order valence-electron chi connectivity index (χ2n) is 5.81. The maximum absolute atomic E-state index is 12.7. The zero-order valence-electron chi connectivity index (χ0n) is 15.3. The second kappa shape index (κ2) is 8.54. The van der Waals surface area contributed by atoms with Gasteiger partial charge in [0.25, 0.3) is 11.8 Å². The summed E-state index contributed by atoms with van der Waals surface area (Å²) in [6, 6.07) is 9.89. The molecule has 146 valence electrons. The van der Waals surface area contributed by atoms with Crippen LogP contribution < -0.4 is 19.9 Å². The Labute approximate surface area is 172 Å². The molecule has 2 aromatic rings. The molecule has 1 heterocycles. The van der Waals surface area contributed by atoms with Gasteiger partial charge in [0.15, 0.2) is 11.5 Å². The highest BCUT2D eigenvalue weighted by molar-refractivity contribution is 6.42. The van der Waals surface area contributed by atoms with E-state index in [4.69, 9.17) is 32.7 Å². The topological polar surface area (TPSA) is 67.9 Å². The van der Waals surface area contributed by atoms with Crippen molar-refractivity contribution in [1.82, 2.24) is 5.43 Å². The number of carbonyl (C=O) groups is 2. The van der Waals surface area contributed by atoms with Gasteiger partial charge in [-0.1, -0.05) is 29.3 Å². The van der Waals surface area contributed by atoms with Gasteiger partial charge in [0, 0.05) is 0 Å². The van der Waals surface area contributed by atoms with Crippen LogP contribution in [0.1, 0.15) is 19.4 Å². The Morgan fingerprint density at radius 3 is 2.36 bits per heavy atom. The Hall–Kier alpha value is -2.70. The van der Waals surface area contributed by atoms with Gasteiger partial charge in [-0.2, -0.15) is 0 Å². The third-order valence-electron chi connectivity index (χ3n) is 3.93. The summed E-state index contributed by atoms with van der Waals surface area (Å²) in [6.07, 6.45) is 1.51. The van der Waals surface area contributed by atoms with E-state index >= 15 is 0 Å². The highest BCUT2D eigenvalue weighted by Crippen LogP contribution is 2.31.